The summed E-state index contributed by atoms with van der Waals surface area (Å²) in [5.41, 5.74) is 0.833. The zero-order valence-electron chi connectivity index (χ0n) is 13.2. The molecule has 1 N–H and O–H groups in total. The van der Waals surface area contributed by atoms with Crippen LogP contribution in [-0.4, -0.2) is 37.4 Å². The van der Waals surface area contributed by atoms with E-state index in [0.717, 1.165) is 12.1 Å². The average Bonchev–Trinajstić information content (AvgIpc) is 2.53. The molecule has 0 heterocycles. The van der Waals surface area contributed by atoms with Crippen LogP contribution in [0.3, 0.4) is 0 Å². The van der Waals surface area contributed by atoms with E-state index in [1.54, 1.807) is 32.3 Å². The van der Waals surface area contributed by atoms with Gasteiger partial charge < -0.3 is 15.0 Å². The van der Waals surface area contributed by atoms with Gasteiger partial charge in [0.1, 0.15) is 5.82 Å². The highest BCUT2D eigenvalue weighted by atomic mass is 19.1. The molecule has 0 aliphatic carbocycles. The predicted octanol–water partition coefficient (Wildman–Crippen LogP) is 2.68. The van der Waals surface area contributed by atoms with Crippen molar-refractivity contribution in [3.63, 3.8) is 0 Å². The normalized spacial score (nSPS) is 10.2. The number of amides is 2. The fraction of sp³-hybridized carbons (Fsp3) is 0.176. The van der Waals surface area contributed by atoms with Gasteiger partial charge in [-0.1, -0.05) is 6.07 Å². The summed E-state index contributed by atoms with van der Waals surface area (Å²) in [5, 5.41) is 2.55. The van der Waals surface area contributed by atoms with Crippen LogP contribution >= 0.6 is 0 Å². The summed E-state index contributed by atoms with van der Waals surface area (Å²) in [5.74, 6) is -2.57. The van der Waals surface area contributed by atoms with E-state index in [1.807, 2.05) is 0 Å². The van der Waals surface area contributed by atoms with E-state index in [2.05, 4.69) is 5.32 Å². The lowest BCUT2D eigenvalue weighted by Crippen LogP contribution is -2.23. The van der Waals surface area contributed by atoms with Crippen molar-refractivity contribution in [3.8, 4) is 5.75 Å². The van der Waals surface area contributed by atoms with E-state index in [1.165, 1.54) is 11.0 Å². The first-order valence-electron chi connectivity index (χ1n) is 7.06. The van der Waals surface area contributed by atoms with E-state index in [0.29, 0.717) is 17.3 Å². The van der Waals surface area contributed by atoms with Gasteiger partial charge in [-0.25, -0.2) is 8.78 Å². The maximum atomic E-state index is 13.4. The molecule has 2 aromatic rings. The van der Waals surface area contributed by atoms with Crippen LogP contribution in [0.15, 0.2) is 42.5 Å². The molecule has 2 rings (SSSR count). The van der Waals surface area contributed by atoms with Gasteiger partial charge in [-0.3, -0.25) is 9.59 Å². The largest absolute Gasteiger partial charge is 0.481 e. The number of anilines is 1. The fourth-order valence-corrected chi connectivity index (χ4v) is 1.92. The van der Waals surface area contributed by atoms with E-state index in [4.69, 9.17) is 4.74 Å². The molecular weight excluding hydrogens is 318 g/mol. The zero-order valence-corrected chi connectivity index (χ0v) is 13.2. The van der Waals surface area contributed by atoms with Gasteiger partial charge in [0.2, 0.25) is 0 Å². The minimum atomic E-state index is -0.888. The number of carbonyl (C=O) groups is 2. The summed E-state index contributed by atoms with van der Waals surface area (Å²) in [4.78, 5) is 25.1. The van der Waals surface area contributed by atoms with Crippen LogP contribution in [0.2, 0.25) is 0 Å². The summed E-state index contributed by atoms with van der Waals surface area (Å²) in [6.45, 7) is -0.450. The van der Waals surface area contributed by atoms with Crippen molar-refractivity contribution in [1.29, 1.82) is 0 Å². The molecule has 0 bridgehead atoms. The third kappa shape index (κ3) is 4.52. The Morgan fingerprint density at radius 1 is 1.12 bits per heavy atom. The molecular formula is C17H16F2N2O3. The van der Waals surface area contributed by atoms with Gasteiger partial charge in [-0.2, -0.15) is 0 Å². The van der Waals surface area contributed by atoms with Crippen molar-refractivity contribution in [2.45, 2.75) is 0 Å². The topological polar surface area (TPSA) is 58.6 Å². The molecule has 0 spiro atoms. The summed E-state index contributed by atoms with van der Waals surface area (Å²) >= 11 is 0. The van der Waals surface area contributed by atoms with Crippen molar-refractivity contribution in [3.05, 3.63) is 59.7 Å². The molecule has 0 saturated heterocycles. The summed E-state index contributed by atoms with van der Waals surface area (Å²) in [6, 6.07) is 9.21. The second-order valence-electron chi connectivity index (χ2n) is 5.19. The third-order valence-electron chi connectivity index (χ3n) is 3.05. The highest BCUT2D eigenvalue weighted by molar-refractivity contribution is 5.97. The number of ether oxygens (including phenoxy) is 1. The van der Waals surface area contributed by atoms with Crippen molar-refractivity contribution in [1.82, 2.24) is 4.90 Å². The molecule has 0 saturated carbocycles. The molecule has 0 atom stereocenters. The zero-order chi connectivity index (χ0) is 17.7. The maximum absolute atomic E-state index is 13.4. The molecule has 0 aliphatic heterocycles. The summed E-state index contributed by atoms with van der Waals surface area (Å²) in [6.07, 6.45) is 0. The molecule has 2 amide bonds. The van der Waals surface area contributed by atoms with E-state index in [-0.39, 0.29) is 11.7 Å². The Balaban J connectivity index is 1.97. The van der Waals surface area contributed by atoms with Crippen LogP contribution in [0.25, 0.3) is 0 Å². The molecule has 0 unspecified atom stereocenters. The van der Waals surface area contributed by atoms with Crippen molar-refractivity contribution in [2.75, 3.05) is 26.0 Å². The van der Waals surface area contributed by atoms with E-state index >= 15 is 0 Å². The number of hydrogen-bond donors (Lipinski definition) is 1. The number of nitrogens with zero attached hydrogens (tertiary/aromatic N) is 1. The second-order valence-corrected chi connectivity index (χ2v) is 5.19. The summed E-state index contributed by atoms with van der Waals surface area (Å²) < 4.78 is 31.2. The van der Waals surface area contributed by atoms with Gasteiger partial charge in [0, 0.05) is 31.4 Å². The van der Waals surface area contributed by atoms with Crippen molar-refractivity contribution >= 4 is 17.5 Å². The van der Waals surface area contributed by atoms with Gasteiger partial charge in [0.25, 0.3) is 11.8 Å². The highest BCUT2D eigenvalue weighted by Crippen LogP contribution is 2.18. The number of benzene rings is 2. The number of carbonyl (C=O) groups excluding carboxylic acids is 2. The van der Waals surface area contributed by atoms with Crippen molar-refractivity contribution in [2.24, 2.45) is 0 Å². The van der Waals surface area contributed by atoms with Crippen LogP contribution in [0.1, 0.15) is 10.4 Å². The minimum absolute atomic E-state index is 0.198. The first-order chi connectivity index (χ1) is 11.4. The quantitative estimate of drug-likeness (QED) is 0.915. The Morgan fingerprint density at radius 2 is 1.88 bits per heavy atom. The lowest BCUT2D eigenvalue weighted by Gasteiger charge is -2.12. The third-order valence-corrected chi connectivity index (χ3v) is 3.05. The number of hydrogen-bond acceptors (Lipinski definition) is 3. The Bertz CT molecular complexity index is 763. The van der Waals surface area contributed by atoms with Crippen LogP contribution < -0.4 is 10.1 Å². The molecule has 24 heavy (non-hydrogen) atoms. The van der Waals surface area contributed by atoms with Gasteiger partial charge in [0.15, 0.2) is 18.2 Å². The molecule has 0 fully saturated rings. The molecule has 7 heteroatoms. The lowest BCUT2D eigenvalue weighted by molar-refractivity contribution is -0.118. The molecule has 126 valence electrons. The number of nitrogens with one attached hydrogen (secondary N) is 1. The Hall–Kier alpha value is -2.96. The molecule has 0 aliphatic rings. The minimum Gasteiger partial charge on any atom is -0.481 e. The smallest absolute Gasteiger partial charge is 0.262 e. The van der Waals surface area contributed by atoms with Crippen molar-refractivity contribution < 1.29 is 23.1 Å². The van der Waals surface area contributed by atoms with Crippen LogP contribution in [-0.2, 0) is 4.79 Å². The molecule has 2 aromatic carbocycles. The van der Waals surface area contributed by atoms with Gasteiger partial charge in [0.05, 0.1) is 0 Å². The average molecular weight is 334 g/mol. The van der Waals surface area contributed by atoms with Gasteiger partial charge in [-0.05, 0) is 30.3 Å². The standard InChI is InChI=1S/C17H16F2N2O3/c1-21(2)17(23)11-4-3-5-13(8-11)20-16(22)10-24-15-7-6-12(18)9-14(15)19/h3-9H,10H2,1-2H3,(H,20,22). The predicted molar refractivity (Wildman–Crippen MR) is 84.9 cm³/mol. The van der Waals surface area contributed by atoms with Crippen LogP contribution in [0.5, 0.6) is 5.75 Å². The molecule has 0 aromatic heterocycles. The maximum Gasteiger partial charge on any atom is 0.262 e. The Kier molecular flexibility index (Phi) is 5.47. The van der Waals surface area contributed by atoms with Crippen LogP contribution in [0, 0.1) is 11.6 Å². The first kappa shape index (κ1) is 17.4. The molecule has 0 radical (unpaired) electrons. The monoisotopic (exact) mass is 334 g/mol. The second kappa shape index (κ2) is 7.54. The van der Waals surface area contributed by atoms with Gasteiger partial charge in [-0.15, -0.1) is 0 Å². The van der Waals surface area contributed by atoms with E-state index < -0.39 is 24.1 Å². The number of rotatable bonds is 5. The number of halogens is 2. The summed E-state index contributed by atoms with van der Waals surface area (Å²) in [7, 11) is 3.25. The van der Waals surface area contributed by atoms with Gasteiger partial charge >= 0.3 is 0 Å². The first-order valence-corrected chi connectivity index (χ1v) is 7.06. The molecule has 5 nitrogen and oxygen atoms in total. The highest BCUT2D eigenvalue weighted by Gasteiger charge is 2.11. The SMILES string of the molecule is CN(C)C(=O)c1cccc(NC(=O)COc2ccc(F)cc2F)c1. The van der Waals surface area contributed by atoms with Crippen LogP contribution in [0.4, 0.5) is 14.5 Å². The Labute approximate surface area is 137 Å². The lowest BCUT2D eigenvalue weighted by atomic mass is 10.2. The Morgan fingerprint density at radius 3 is 2.54 bits per heavy atom. The fourth-order valence-electron chi connectivity index (χ4n) is 1.92. The van der Waals surface area contributed by atoms with E-state index in [9.17, 15) is 18.4 Å².